The zero-order valence-corrected chi connectivity index (χ0v) is 59.7. The Morgan fingerprint density at radius 1 is 0.470 bits per heavy atom. The Kier molecular flexibility index (Phi) is 20.5. The Morgan fingerprint density at radius 3 is 1.41 bits per heavy atom. The van der Waals surface area contributed by atoms with E-state index in [4.69, 9.17) is 90.9 Å². The lowest BCUT2D eigenvalue weighted by Gasteiger charge is -2.65. The van der Waals surface area contributed by atoms with Gasteiger partial charge in [0.05, 0.1) is 38.5 Å². The van der Waals surface area contributed by atoms with E-state index in [1.54, 1.807) is 59.1 Å². The molecule has 28 heteroatoms. The molecule has 1 aromatic rings. The molecule has 0 aromatic heterocycles. The molecule has 28 nitrogen and oxygen atoms in total. The van der Waals surface area contributed by atoms with Crippen LogP contribution in [0.25, 0.3) is 0 Å². The van der Waals surface area contributed by atoms with Gasteiger partial charge < -0.3 is 66.5 Å². The maximum absolute atomic E-state index is 14.5. The molecule has 100 heavy (non-hydrogen) atoms. The molecule has 1 aromatic carbocycles. The van der Waals surface area contributed by atoms with Crippen molar-refractivity contribution >= 4 is 41.9 Å². The highest BCUT2D eigenvalue weighted by Gasteiger charge is 2.76. The van der Waals surface area contributed by atoms with Crippen LogP contribution in [0.15, 0.2) is 24.3 Å². The number of rotatable bonds is 22. The van der Waals surface area contributed by atoms with E-state index in [1.165, 1.54) is 4.90 Å². The molecular weight excluding hydrogens is 1310 g/mol. The summed E-state index contributed by atoms with van der Waals surface area (Å²) in [6.07, 6.45) is -0.355. The molecule has 16 rings (SSSR count). The van der Waals surface area contributed by atoms with Crippen molar-refractivity contribution in [1.29, 1.82) is 0 Å². The summed E-state index contributed by atoms with van der Waals surface area (Å²) in [7, 11) is 3.13. The quantitative estimate of drug-likeness (QED) is 0.0489. The fourth-order valence-electron chi connectivity index (χ4n) is 18.8. The highest BCUT2D eigenvalue weighted by molar-refractivity contribution is 5.79. The topological polar surface area (TPSA) is 310 Å². The summed E-state index contributed by atoms with van der Waals surface area (Å²) in [5.74, 6) is -8.74. The summed E-state index contributed by atoms with van der Waals surface area (Å²) in [5.41, 5.74) is -4.37. The predicted molar refractivity (Wildman–Crippen MR) is 339 cm³/mol. The van der Waals surface area contributed by atoms with Gasteiger partial charge in [-0.25, -0.2) is 34.1 Å². The molecule has 1 unspecified atom stereocenters. The van der Waals surface area contributed by atoms with E-state index in [2.05, 4.69) is 33.0 Å². The molecule has 3 spiro atoms. The van der Waals surface area contributed by atoms with Crippen molar-refractivity contribution < 1.29 is 124 Å². The number of ether oxygens (including phenoxy) is 13. The van der Waals surface area contributed by atoms with E-state index >= 15 is 0 Å². The first kappa shape index (κ1) is 73.1. The van der Waals surface area contributed by atoms with Gasteiger partial charge in [0, 0.05) is 74.9 Å². The maximum Gasteiger partial charge on any atom is 0.409 e. The summed E-state index contributed by atoms with van der Waals surface area (Å²) >= 11 is 0. The molecular formula is C72H102N2O26. The number of hydrogen-bond donors (Lipinski definition) is 1. The molecule has 3 saturated carbocycles. The third-order valence-corrected chi connectivity index (χ3v) is 25.0. The first-order chi connectivity index (χ1) is 47.4. The van der Waals surface area contributed by atoms with Gasteiger partial charge >= 0.3 is 41.9 Å². The van der Waals surface area contributed by atoms with Gasteiger partial charge in [0.2, 0.25) is 42.0 Å². The van der Waals surface area contributed by atoms with Crippen LogP contribution >= 0.6 is 0 Å². The van der Waals surface area contributed by atoms with E-state index < -0.39 is 183 Å². The molecule has 3 aliphatic carbocycles. The fourth-order valence-corrected chi connectivity index (χ4v) is 18.8. The van der Waals surface area contributed by atoms with Gasteiger partial charge in [-0.15, -0.1) is 0 Å². The maximum atomic E-state index is 14.5. The van der Waals surface area contributed by atoms with Crippen molar-refractivity contribution in [3.8, 4) is 0 Å². The van der Waals surface area contributed by atoms with Gasteiger partial charge in [-0.05, 0) is 125 Å². The lowest BCUT2D eigenvalue weighted by atomic mass is 9.50. The second-order valence-electron chi connectivity index (χ2n) is 31.8. The second-order valence-corrected chi connectivity index (χ2v) is 31.8. The van der Waals surface area contributed by atoms with Crippen LogP contribution in [0.4, 0.5) is 4.79 Å². The zero-order chi connectivity index (χ0) is 71.1. The number of hydrogen-bond acceptors (Lipinski definition) is 27. The van der Waals surface area contributed by atoms with Crippen molar-refractivity contribution in [3.63, 3.8) is 0 Å². The number of carbonyl (C=O) groups is 7. The monoisotopic (exact) mass is 1410 g/mol. The normalized spacial score (nSPS) is 43.0. The third-order valence-electron chi connectivity index (χ3n) is 25.0. The largest absolute Gasteiger partial charge is 0.460 e. The molecule has 25 atom stereocenters. The number of esters is 6. The minimum atomic E-state index is -2.21. The zero-order valence-electron chi connectivity index (χ0n) is 59.7. The lowest BCUT2D eigenvalue weighted by Crippen LogP contribution is -2.74. The molecule has 15 fully saturated rings. The Morgan fingerprint density at radius 2 is 0.900 bits per heavy atom. The smallest absolute Gasteiger partial charge is 0.409 e. The average Bonchev–Trinajstić information content (AvgIpc) is 1.29. The van der Waals surface area contributed by atoms with Gasteiger partial charge in [-0.1, -0.05) is 72.7 Å². The van der Waals surface area contributed by atoms with E-state index in [1.807, 2.05) is 20.8 Å². The van der Waals surface area contributed by atoms with E-state index in [0.717, 1.165) is 57.8 Å². The van der Waals surface area contributed by atoms with E-state index in [9.17, 15) is 33.6 Å². The van der Waals surface area contributed by atoms with Gasteiger partial charge in [0.25, 0.3) is 0 Å². The van der Waals surface area contributed by atoms with Crippen LogP contribution in [0.2, 0.25) is 0 Å². The molecule has 1 N–H and O–H groups in total. The molecule has 0 radical (unpaired) electrons. The van der Waals surface area contributed by atoms with Gasteiger partial charge in [0.1, 0.15) is 19.8 Å². The highest BCUT2D eigenvalue weighted by atomic mass is 17.3. The Bertz CT molecular complexity index is 3230. The van der Waals surface area contributed by atoms with E-state index in [-0.39, 0.29) is 60.5 Å². The lowest BCUT2D eigenvalue weighted by molar-refractivity contribution is -0.586. The first-order valence-corrected chi connectivity index (χ1v) is 36.3. The predicted octanol–water partition coefficient (Wildman–Crippen LogP) is 9.28. The van der Waals surface area contributed by atoms with Gasteiger partial charge in [-0.3, -0.25) is 34.1 Å². The Labute approximate surface area is 583 Å². The van der Waals surface area contributed by atoms with Crippen LogP contribution in [-0.2, 0) is 133 Å². The fraction of sp³-hybridized carbons (Fsp3) is 0.819. The molecule has 6 bridgehead atoms. The number of carbonyl (C=O) groups excluding carboxylic acids is 7. The van der Waals surface area contributed by atoms with Crippen LogP contribution in [-0.4, -0.2) is 152 Å². The summed E-state index contributed by atoms with van der Waals surface area (Å²) in [5, 5.41) is 3.14. The Hall–Kier alpha value is -5.21. The van der Waals surface area contributed by atoms with Crippen molar-refractivity contribution in [2.75, 3.05) is 27.3 Å². The number of amides is 1. The summed E-state index contributed by atoms with van der Waals surface area (Å²) in [6, 6.07) is 6.87. The molecule has 12 saturated heterocycles. The van der Waals surface area contributed by atoms with Crippen LogP contribution < -0.4 is 5.32 Å². The summed E-state index contributed by atoms with van der Waals surface area (Å²) in [4.78, 5) is 135. The van der Waals surface area contributed by atoms with Gasteiger partial charge in [-0.2, -0.15) is 0 Å². The molecule has 556 valence electrons. The van der Waals surface area contributed by atoms with Crippen molar-refractivity contribution in [2.45, 2.75) is 276 Å². The SMILES string of the molecule is C[C@H]1[C@H](OC(=O)CCC(=O)OCC(COC(=O)CCC(=O)O[C@@H]2O[C@@H]3O[C@]4(C)CC[C@H]5[C@H](C)CC[C@@](C)([C@H]2C)[C@@]35OO4)(NCc2ccc(COC(=O)N(C)C)cc2)OC(=O)CCC(=O)O[C@@H]2O[C@@H]3O[C@]4(C)CC[C@H]5[C@H](C)CC[C@@H]([C@H]2C)[C@@]35OO4)O[C@@H]2O[C@]3(C)CC[C@H]4[C@H](C)CC[C@@H]1[C@@]24OO3. The summed E-state index contributed by atoms with van der Waals surface area (Å²) < 4.78 is 80.3. The third kappa shape index (κ3) is 13.5. The number of nitrogens with one attached hydrogen (secondary N) is 1. The Balaban J connectivity index is 0.699. The van der Waals surface area contributed by atoms with Crippen molar-refractivity contribution in [2.24, 2.45) is 70.5 Å². The van der Waals surface area contributed by atoms with Crippen LogP contribution in [0.5, 0.6) is 0 Å². The molecule has 12 heterocycles. The first-order valence-electron chi connectivity index (χ1n) is 36.3. The average molecular weight is 1410 g/mol. The minimum Gasteiger partial charge on any atom is -0.460 e. The van der Waals surface area contributed by atoms with Crippen LogP contribution in [0.3, 0.4) is 0 Å². The number of benzene rings is 1. The summed E-state index contributed by atoms with van der Waals surface area (Å²) in [6.45, 7) is 18.1. The van der Waals surface area contributed by atoms with E-state index in [0.29, 0.717) is 42.2 Å². The highest BCUT2D eigenvalue weighted by Crippen LogP contribution is 2.67. The number of fused-ring (bicyclic) bond motifs is 6. The van der Waals surface area contributed by atoms with Crippen LogP contribution in [0, 0.1) is 70.5 Å². The van der Waals surface area contributed by atoms with Crippen LogP contribution in [0.1, 0.15) is 196 Å². The molecule has 15 aliphatic rings. The van der Waals surface area contributed by atoms with Gasteiger partial charge in [0.15, 0.2) is 35.7 Å². The minimum absolute atomic E-state index is 0.0381. The van der Waals surface area contributed by atoms with Crippen molar-refractivity contribution in [3.05, 3.63) is 35.4 Å². The number of nitrogens with zero attached hydrogens (tertiary/aromatic N) is 1. The molecule has 12 aliphatic heterocycles. The van der Waals surface area contributed by atoms with Crippen molar-refractivity contribution in [1.82, 2.24) is 10.2 Å². The second kappa shape index (κ2) is 28.0. The molecule has 1 amide bonds. The standard InChI is InChI=1S/C72H102N2O26/c1-39-13-19-50-42(4)58(88-61-70(50)47(39)28-32-66(8,92-61)95-98-70)85-54(77)23-21-52(75)83-37-69(73-35-45-15-17-46(18-16-45)36-82-64(81)74(11)12,91-57(80)26-25-55(78)86-59-43(5)51-20-14-40(2)48-29-33-67(9)93-62(89-59)71(48,51)99-96-67)38-84-53(76)22-24-56(79)87-60-44(6)65(7)31-27-41(3)49-30-34-68(10)94-63(90-60)72(49,65)100-97-68/h15-18,39-44,47-51,58-63,73H,13-14,19-38H2,1-12H3/t39-,40-,41-,42-,43-,44+,47+,48+,49+,50+,51+,58-,59-,60-,61-,62-,63-,65+,66+,67+,68+,69?,70-,71-,72+/m1/s1.